The van der Waals surface area contributed by atoms with E-state index in [0.29, 0.717) is 6.42 Å². The summed E-state index contributed by atoms with van der Waals surface area (Å²) in [6.45, 7) is 14.2. The molecule has 0 saturated heterocycles. The summed E-state index contributed by atoms with van der Waals surface area (Å²) < 4.78 is 0. The van der Waals surface area contributed by atoms with Crippen LogP contribution >= 0.6 is 0 Å². The molecule has 0 saturated carbocycles. The van der Waals surface area contributed by atoms with Crippen molar-refractivity contribution in [3.63, 3.8) is 0 Å². The minimum Gasteiger partial charge on any atom is -0.508 e. The number of carboxylic acids is 1. The maximum Gasteiger partial charge on any atom is 0.310 e. The van der Waals surface area contributed by atoms with Crippen LogP contribution in [0.15, 0.2) is 12.1 Å². The highest BCUT2D eigenvalue weighted by Gasteiger charge is 2.32. The van der Waals surface area contributed by atoms with E-state index in [2.05, 4.69) is 0 Å². The van der Waals surface area contributed by atoms with Gasteiger partial charge in [-0.2, -0.15) is 0 Å². The van der Waals surface area contributed by atoms with Crippen molar-refractivity contribution in [1.82, 2.24) is 0 Å². The minimum atomic E-state index is -0.806. The van der Waals surface area contributed by atoms with E-state index in [0.717, 1.165) is 16.7 Å². The molecule has 0 radical (unpaired) electrons. The standard InChI is InChI=1S/C18H28O3/c1-8-12(16(20)21)15-13(17(2,3)4)9-11(19)10-14(15)18(5,6)7/h9-10,12,19H,8H2,1-7H3,(H,20,21). The number of benzene rings is 1. The Labute approximate surface area is 128 Å². The van der Waals surface area contributed by atoms with Crippen molar-refractivity contribution in [3.05, 3.63) is 28.8 Å². The van der Waals surface area contributed by atoms with Crippen molar-refractivity contribution < 1.29 is 15.0 Å². The van der Waals surface area contributed by atoms with Gasteiger partial charge in [-0.25, -0.2) is 0 Å². The Morgan fingerprint density at radius 1 is 1.05 bits per heavy atom. The molecule has 0 fully saturated rings. The van der Waals surface area contributed by atoms with Crippen LogP contribution in [0.4, 0.5) is 0 Å². The van der Waals surface area contributed by atoms with E-state index in [1.54, 1.807) is 12.1 Å². The number of aliphatic carboxylic acids is 1. The third kappa shape index (κ3) is 3.78. The van der Waals surface area contributed by atoms with Gasteiger partial charge in [-0.3, -0.25) is 4.79 Å². The van der Waals surface area contributed by atoms with Gasteiger partial charge in [0.25, 0.3) is 0 Å². The second kappa shape index (κ2) is 5.70. The maximum atomic E-state index is 11.7. The molecule has 1 atom stereocenters. The van der Waals surface area contributed by atoms with Gasteiger partial charge in [-0.1, -0.05) is 48.5 Å². The highest BCUT2D eigenvalue weighted by Crippen LogP contribution is 2.41. The molecule has 0 aliphatic carbocycles. The number of rotatable bonds is 3. The van der Waals surface area contributed by atoms with Gasteiger partial charge in [0.1, 0.15) is 5.75 Å². The smallest absolute Gasteiger partial charge is 0.310 e. The van der Waals surface area contributed by atoms with Gasteiger partial charge >= 0.3 is 5.97 Å². The molecule has 0 aromatic heterocycles. The fourth-order valence-corrected chi connectivity index (χ4v) is 2.76. The predicted octanol–water partition coefficient (Wildman–Crippen LogP) is 4.57. The lowest BCUT2D eigenvalue weighted by molar-refractivity contribution is -0.138. The largest absolute Gasteiger partial charge is 0.508 e. The molecule has 0 aliphatic rings. The van der Waals surface area contributed by atoms with Crippen LogP contribution in [0.2, 0.25) is 0 Å². The quantitative estimate of drug-likeness (QED) is 0.858. The summed E-state index contributed by atoms with van der Waals surface area (Å²) in [6, 6.07) is 3.44. The molecule has 0 aliphatic heterocycles. The van der Waals surface area contributed by atoms with Crippen LogP contribution in [0.3, 0.4) is 0 Å². The number of hydrogen-bond donors (Lipinski definition) is 2. The summed E-state index contributed by atoms with van der Waals surface area (Å²) in [6.07, 6.45) is 0.534. The number of hydrogen-bond acceptors (Lipinski definition) is 2. The van der Waals surface area contributed by atoms with Crippen molar-refractivity contribution in [3.8, 4) is 5.75 Å². The second-order valence-corrected chi connectivity index (χ2v) is 7.75. The van der Waals surface area contributed by atoms with Gasteiger partial charge in [0.05, 0.1) is 5.92 Å². The van der Waals surface area contributed by atoms with E-state index < -0.39 is 11.9 Å². The van der Waals surface area contributed by atoms with Crippen LogP contribution in [0.25, 0.3) is 0 Å². The van der Waals surface area contributed by atoms with Gasteiger partial charge in [0.15, 0.2) is 0 Å². The van der Waals surface area contributed by atoms with Crippen LogP contribution in [0.5, 0.6) is 5.75 Å². The van der Waals surface area contributed by atoms with Crippen molar-refractivity contribution in [2.45, 2.75) is 71.6 Å². The Hall–Kier alpha value is -1.51. The van der Waals surface area contributed by atoms with Gasteiger partial charge in [0.2, 0.25) is 0 Å². The van der Waals surface area contributed by atoms with Gasteiger partial charge in [-0.05, 0) is 46.1 Å². The molecule has 3 nitrogen and oxygen atoms in total. The minimum absolute atomic E-state index is 0.203. The molecule has 0 spiro atoms. The number of carbonyl (C=O) groups is 1. The topological polar surface area (TPSA) is 57.5 Å². The highest BCUT2D eigenvalue weighted by molar-refractivity contribution is 5.78. The molecular weight excluding hydrogens is 264 g/mol. The first kappa shape index (κ1) is 17.5. The molecule has 1 aromatic carbocycles. The Balaban J connectivity index is 3.81. The Morgan fingerprint density at radius 3 is 1.67 bits per heavy atom. The predicted molar refractivity (Wildman–Crippen MR) is 86.2 cm³/mol. The zero-order valence-electron chi connectivity index (χ0n) is 14.2. The molecular formula is C18H28O3. The number of aromatic hydroxyl groups is 1. The van der Waals surface area contributed by atoms with E-state index >= 15 is 0 Å². The van der Waals surface area contributed by atoms with E-state index in [4.69, 9.17) is 0 Å². The van der Waals surface area contributed by atoms with E-state index in [1.807, 2.05) is 48.5 Å². The molecule has 21 heavy (non-hydrogen) atoms. The zero-order chi connectivity index (χ0) is 16.6. The molecule has 118 valence electrons. The van der Waals surface area contributed by atoms with Crippen LogP contribution < -0.4 is 0 Å². The van der Waals surface area contributed by atoms with Gasteiger partial charge < -0.3 is 10.2 Å². The molecule has 1 unspecified atom stereocenters. The molecule has 2 N–H and O–H groups in total. The first-order valence-corrected chi connectivity index (χ1v) is 7.50. The normalized spacial score (nSPS) is 14.0. The maximum absolute atomic E-state index is 11.7. The van der Waals surface area contributed by atoms with Crippen molar-refractivity contribution in [2.75, 3.05) is 0 Å². The fraction of sp³-hybridized carbons (Fsp3) is 0.611. The highest BCUT2D eigenvalue weighted by atomic mass is 16.4. The molecule has 3 heteroatoms. The average Bonchev–Trinajstić information content (AvgIpc) is 2.28. The van der Waals surface area contributed by atoms with Gasteiger partial charge in [-0.15, -0.1) is 0 Å². The summed E-state index contributed by atoms with van der Waals surface area (Å²) in [5.41, 5.74) is 2.25. The molecule has 0 amide bonds. The van der Waals surface area contributed by atoms with Crippen molar-refractivity contribution in [2.24, 2.45) is 0 Å². The van der Waals surface area contributed by atoms with Gasteiger partial charge in [0, 0.05) is 0 Å². The van der Waals surface area contributed by atoms with Crippen LogP contribution in [-0.4, -0.2) is 16.2 Å². The van der Waals surface area contributed by atoms with E-state index in [-0.39, 0.29) is 16.6 Å². The third-order valence-corrected chi connectivity index (χ3v) is 3.84. The first-order chi connectivity index (χ1) is 9.39. The molecule has 1 aromatic rings. The summed E-state index contributed by atoms with van der Waals surface area (Å²) >= 11 is 0. The summed E-state index contributed by atoms with van der Waals surface area (Å²) in [4.78, 5) is 11.7. The van der Waals surface area contributed by atoms with Crippen molar-refractivity contribution >= 4 is 5.97 Å². The third-order valence-electron chi connectivity index (χ3n) is 3.84. The SMILES string of the molecule is CCC(C(=O)O)c1c(C(C)(C)C)cc(O)cc1C(C)(C)C. The Kier molecular flexibility index (Phi) is 4.76. The first-order valence-electron chi connectivity index (χ1n) is 7.50. The lowest BCUT2D eigenvalue weighted by Crippen LogP contribution is -2.25. The Bertz CT molecular complexity index is 495. The lowest BCUT2D eigenvalue weighted by Gasteiger charge is -2.32. The zero-order valence-corrected chi connectivity index (χ0v) is 14.2. The van der Waals surface area contributed by atoms with Crippen LogP contribution in [-0.2, 0) is 15.6 Å². The Morgan fingerprint density at radius 2 is 1.43 bits per heavy atom. The number of carboxylic acid groups (broad SMARTS) is 1. The summed E-state index contributed by atoms with van der Waals surface area (Å²) in [5.74, 6) is -1.15. The average molecular weight is 292 g/mol. The second-order valence-electron chi connectivity index (χ2n) is 7.75. The fourth-order valence-electron chi connectivity index (χ4n) is 2.76. The molecule has 1 rings (SSSR count). The molecule has 0 bridgehead atoms. The number of phenols is 1. The van der Waals surface area contributed by atoms with E-state index in [9.17, 15) is 15.0 Å². The van der Waals surface area contributed by atoms with Crippen LogP contribution in [0.1, 0.15) is 77.5 Å². The summed E-state index contributed by atoms with van der Waals surface area (Å²) in [5, 5.41) is 19.7. The summed E-state index contributed by atoms with van der Waals surface area (Å²) in [7, 11) is 0. The molecule has 0 heterocycles. The van der Waals surface area contributed by atoms with Crippen LogP contribution in [0, 0.1) is 0 Å². The van der Waals surface area contributed by atoms with Crippen molar-refractivity contribution in [1.29, 1.82) is 0 Å². The monoisotopic (exact) mass is 292 g/mol. The van der Waals surface area contributed by atoms with E-state index in [1.165, 1.54) is 0 Å². The number of phenolic OH excluding ortho intramolecular Hbond substituents is 1. The lowest BCUT2D eigenvalue weighted by atomic mass is 9.72.